The maximum Gasteiger partial charge on any atom is 0.302 e. The molecule has 0 saturated carbocycles. The molecule has 1 fully saturated rings. The highest BCUT2D eigenvalue weighted by Crippen LogP contribution is 2.24. The second-order valence-corrected chi connectivity index (χ2v) is 8.15. The Balaban J connectivity index is 2.52. The topological polar surface area (TPSA) is 75.7 Å². The zero-order valence-electron chi connectivity index (χ0n) is 19.2. The zero-order chi connectivity index (χ0) is 22.4. The van der Waals surface area contributed by atoms with Gasteiger partial charge in [-0.3, -0.25) is 14.4 Å². The van der Waals surface area contributed by atoms with Gasteiger partial charge in [0.25, 0.3) is 0 Å². The molecule has 1 aliphatic rings. The van der Waals surface area contributed by atoms with Crippen molar-refractivity contribution < 1.29 is 19.1 Å². The van der Waals surface area contributed by atoms with Gasteiger partial charge in [-0.15, -0.1) is 0 Å². The first kappa shape index (κ1) is 25.9. The van der Waals surface area contributed by atoms with Gasteiger partial charge >= 0.3 is 5.97 Å². The minimum Gasteiger partial charge on any atom is -0.460 e. The van der Waals surface area contributed by atoms with Crippen LogP contribution in [0.2, 0.25) is 0 Å². The Labute approximate surface area is 182 Å². The quantitative estimate of drug-likeness (QED) is 0.290. The average Bonchev–Trinajstić information content (AvgIpc) is 2.66. The molecule has 30 heavy (non-hydrogen) atoms. The molecule has 0 unspecified atom stereocenters. The molecule has 2 amide bonds. The number of likely N-dealkylation sites (tertiary alicyclic amines) is 1. The van der Waals surface area contributed by atoms with Gasteiger partial charge in [-0.25, -0.2) is 0 Å². The smallest absolute Gasteiger partial charge is 0.302 e. The molecular weight excluding hydrogens is 380 g/mol. The van der Waals surface area contributed by atoms with Gasteiger partial charge in [0.15, 0.2) is 0 Å². The number of hydrogen-bond acceptors (Lipinski definition) is 4. The summed E-state index contributed by atoms with van der Waals surface area (Å²) in [5.41, 5.74) is 0. The monoisotopic (exact) mass is 420 g/mol. The second-order valence-electron chi connectivity index (χ2n) is 8.15. The first-order chi connectivity index (χ1) is 14.3. The number of rotatable bonds is 12. The second kappa shape index (κ2) is 14.8. The summed E-state index contributed by atoms with van der Waals surface area (Å²) < 4.78 is 5.45. The molecule has 0 aliphatic carbocycles. The minimum atomic E-state index is -0.413. The molecule has 0 spiro atoms. The number of carbonyl (C=O) groups excluding carboxylic acids is 3. The van der Waals surface area contributed by atoms with Crippen molar-refractivity contribution in [1.82, 2.24) is 10.2 Å². The van der Waals surface area contributed by atoms with Crippen LogP contribution in [0.15, 0.2) is 24.3 Å². The maximum absolute atomic E-state index is 12.1. The van der Waals surface area contributed by atoms with E-state index >= 15 is 0 Å². The van der Waals surface area contributed by atoms with E-state index in [9.17, 15) is 14.4 Å². The van der Waals surface area contributed by atoms with Crippen molar-refractivity contribution in [2.75, 3.05) is 6.54 Å². The summed E-state index contributed by atoms with van der Waals surface area (Å²) in [4.78, 5) is 36.9. The van der Waals surface area contributed by atoms with E-state index in [-0.39, 0.29) is 29.9 Å². The van der Waals surface area contributed by atoms with Gasteiger partial charge in [0.05, 0.1) is 6.04 Å². The van der Waals surface area contributed by atoms with Gasteiger partial charge in [-0.2, -0.15) is 0 Å². The number of esters is 1. The number of allylic oxidation sites excluding steroid dienone is 4. The first-order valence-electron chi connectivity index (χ1n) is 11.4. The standard InChI is InChI=1S/C24H40N2O4/c1-5-6-7-8-9-10-11-12-13-14-15-16-22-17-24(30-21(4)29)23(25-19(2)27)18-26(22)20(3)28/h11-14,22-24H,5-10,15-18H2,1-4H3,(H,25,27)/b12-11+,14-13+/t22-,23+,24-/m1/s1. The lowest BCUT2D eigenvalue weighted by Gasteiger charge is -2.43. The Bertz CT molecular complexity index is 600. The van der Waals surface area contributed by atoms with Crippen LogP contribution in [0.4, 0.5) is 0 Å². The summed E-state index contributed by atoms with van der Waals surface area (Å²) in [6.45, 7) is 6.93. The van der Waals surface area contributed by atoms with Crippen molar-refractivity contribution in [1.29, 1.82) is 0 Å². The fraction of sp³-hybridized carbons (Fsp3) is 0.708. The van der Waals surface area contributed by atoms with E-state index in [4.69, 9.17) is 4.74 Å². The van der Waals surface area contributed by atoms with Gasteiger partial charge in [0.1, 0.15) is 6.10 Å². The molecule has 6 heteroatoms. The molecule has 0 aromatic heterocycles. The molecular formula is C24H40N2O4. The first-order valence-corrected chi connectivity index (χ1v) is 11.4. The van der Waals surface area contributed by atoms with Crippen molar-refractivity contribution >= 4 is 17.8 Å². The predicted octanol–water partition coefficient (Wildman–Crippen LogP) is 4.30. The highest BCUT2D eigenvalue weighted by atomic mass is 16.5. The summed E-state index contributed by atoms with van der Waals surface area (Å²) in [6.07, 6.45) is 17.8. The van der Waals surface area contributed by atoms with Crippen molar-refractivity contribution in [3.63, 3.8) is 0 Å². The van der Waals surface area contributed by atoms with Gasteiger partial charge in [-0.05, 0) is 25.7 Å². The van der Waals surface area contributed by atoms with Crippen LogP contribution < -0.4 is 5.32 Å². The Kier molecular flexibility index (Phi) is 12.8. The van der Waals surface area contributed by atoms with Crippen molar-refractivity contribution in [2.45, 2.75) is 104 Å². The summed E-state index contributed by atoms with van der Waals surface area (Å²) in [5, 5.41) is 2.82. The molecule has 1 aliphatic heterocycles. The molecule has 0 bridgehead atoms. The number of ether oxygens (including phenoxy) is 1. The maximum atomic E-state index is 12.1. The molecule has 170 valence electrons. The van der Waals surface area contributed by atoms with Crippen LogP contribution in [0.5, 0.6) is 0 Å². The Morgan fingerprint density at radius 3 is 2.27 bits per heavy atom. The Morgan fingerprint density at radius 1 is 1.00 bits per heavy atom. The minimum absolute atomic E-state index is 0.0101. The molecule has 1 N–H and O–H groups in total. The third-order valence-corrected chi connectivity index (χ3v) is 5.42. The van der Waals surface area contributed by atoms with Gasteiger partial charge in [-0.1, -0.05) is 56.9 Å². The summed E-state index contributed by atoms with van der Waals surface area (Å²) in [5.74, 6) is -0.590. The lowest BCUT2D eigenvalue weighted by Crippen LogP contribution is -2.60. The number of nitrogens with zero attached hydrogens (tertiary/aromatic N) is 1. The molecule has 0 radical (unpaired) electrons. The Hall–Kier alpha value is -2.11. The lowest BCUT2D eigenvalue weighted by molar-refractivity contribution is -0.155. The highest BCUT2D eigenvalue weighted by Gasteiger charge is 2.38. The van der Waals surface area contributed by atoms with E-state index in [1.54, 1.807) is 11.8 Å². The summed E-state index contributed by atoms with van der Waals surface area (Å²) >= 11 is 0. The fourth-order valence-electron chi connectivity index (χ4n) is 3.94. The van der Waals surface area contributed by atoms with E-state index in [1.807, 2.05) is 0 Å². The van der Waals surface area contributed by atoms with Crippen LogP contribution in [0.3, 0.4) is 0 Å². The van der Waals surface area contributed by atoms with Crippen LogP contribution >= 0.6 is 0 Å². The van der Waals surface area contributed by atoms with Crippen molar-refractivity contribution in [3.8, 4) is 0 Å². The number of carbonyl (C=O) groups is 3. The molecule has 1 heterocycles. The third kappa shape index (κ3) is 10.6. The van der Waals surface area contributed by atoms with E-state index in [0.717, 1.165) is 19.3 Å². The van der Waals surface area contributed by atoms with Crippen LogP contribution in [0.25, 0.3) is 0 Å². The van der Waals surface area contributed by atoms with Crippen LogP contribution in [-0.2, 0) is 19.1 Å². The lowest BCUT2D eigenvalue weighted by atomic mass is 9.91. The van der Waals surface area contributed by atoms with Gasteiger partial charge in [0.2, 0.25) is 11.8 Å². The number of amides is 2. The number of nitrogens with one attached hydrogen (secondary N) is 1. The van der Waals surface area contributed by atoms with E-state index in [1.165, 1.54) is 46.0 Å². The average molecular weight is 421 g/mol. The zero-order valence-corrected chi connectivity index (χ0v) is 19.2. The fourth-order valence-corrected chi connectivity index (χ4v) is 3.94. The third-order valence-electron chi connectivity index (χ3n) is 5.42. The van der Waals surface area contributed by atoms with Crippen molar-refractivity contribution in [2.24, 2.45) is 0 Å². The molecule has 6 nitrogen and oxygen atoms in total. The van der Waals surface area contributed by atoms with E-state index < -0.39 is 6.10 Å². The Morgan fingerprint density at radius 2 is 1.67 bits per heavy atom. The largest absolute Gasteiger partial charge is 0.460 e. The van der Waals surface area contributed by atoms with Gasteiger partial charge < -0.3 is 15.0 Å². The normalized spacial score (nSPS) is 21.9. The number of hydrogen-bond donors (Lipinski definition) is 1. The predicted molar refractivity (Wildman–Crippen MR) is 120 cm³/mol. The molecule has 1 rings (SSSR count). The summed E-state index contributed by atoms with van der Waals surface area (Å²) in [7, 11) is 0. The van der Waals surface area contributed by atoms with E-state index in [0.29, 0.717) is 13.0 Å². The number of unbranched alkanes of at least 4 members (excludes halogenated alkanes) is 5. The number of piperidine rings is 1. The van der Waals surface area contributed by atoms with Crippen LogP contribution in [-0.4, -0.2) is 47.4 Å². The van der Waals surface area contributed by atoms with E-state index in [2.05, 4.69) is 36.5 Å². The highest BCUT2D eigenvalue weighted by molar-refractivity contribution is 5.75. The van der Waals surface area contributed by atoms with Crippen molar-refractivity contribution in [3.05, 3.63) is 24.3 Å². The molecule has 0 aromatic carbocycles. The molecule has 0 aromatic rings. The summed E-state index contributed by atoms with van der Waals surface area (Å²) in [6, 6.07) is -0.383. The molecule has 3 atom stereocenters. The SMILES string of the molecule is CCCCCCC/C=C/C=C/CC[C@@H]1C[C@@H](OC(C)=O)[C@@H](NC(C)=O)CN1C(C)=O. The van der Waals surface area contributed by atoms with Gasteiger partial charge in [0, 0.05) is 39.8 Å². The molecule has 1 saturated heterocycles. The van der Waals surface area contributed by atoms with Crippen LogP contribution in [0, 0.1) is 0 Å². The van der Waals surface area contributed by atoms with Crippen LogP contribution in [0.1, 0.15) is 85.5 Å².